The smallest absolute Gasteiger partial charge is 0.270 e. The van der Waals surface area contributed by atoms with Gasteiger partial charge in [-0.15, -0.1) is 0 Å². The van der Waals surface area contributed by atoms with Crippen LogP contribution in [0, 0.1) is 10.1 Å². The van der Waals surface area contributed by atoms with Crippen LogP contribution in [0.25, 0.3) is 0 Å². The van der Waals surface area contributed by atoms with Crippen molar-refractivity contribution in [2.75, 3.05) is 18.4 Å². The molecule has 0 bridgehead atoms. The molecular weight excluding hydrogens is 340 g/mol. The lowest BCUT2D eigenvalue weighted by atomic mass is 10.1. The van der Waals surface area contributed by atoms with Crippen LogP contribution in [0.2, 0.25) is 5.02 Å². The van der Waals surface area contributed by atoms with Crippen LogP contribution < -0.4 is 5.32 Å². The molecular formula is C14H13ClN4O5. The number of non-ortho nitro benzene ring substituents is 1. The van der Waals surface area contributed by atoms with E-state index in [1.165, 1.54) is 29.4 Å². The maximum Gasteiger partial charge on any atom is 0.270 e. The van der Waals surface area contributed by atoms with E-state index >= 15 is 0 Å². The van der Waals surface area contributed by atoms with Gasteiger partial charge in [0, 0.05) is 24.7 Å². The zero-order valence-corrected chi connectivity index (χ0v) is 13.3. The van der Waals surface area contributed by atoms with Gasteiger partial charge in [0.25, 0.3) is 11.6 Å². The standard InChI is InChI=1S/C14H13ClN4O5/c1-2-18(8-13(20)16-12-5-6-24-17-12)14(21)10-4-3-9(19(22)23)7-11(10)15/h3-7H,2,8H2,1H3,(H,16,17,20). The van der Waals surface area contributed by atoms with Gasteiger partial charge in [-0.3, -0.25) is 19.7 Å². The van der Waals surface area contributed by atoms with Gasteiger partial charge in [0.15, 0.2) is 5.82 Å². The van der Waals surface area contributed by atoms with Gasteiger partial charge in [-0.05, 0) is 13.0 Å². The predicted octanol–water partition coefficient (Wildman–Crippen LogP) is 2.34. The zero-order valence-electron chi connectivity index (χ0n) is 12.6. The molecule has 1 aromatic carbocycles. The molecule has 10 heteroatoms. The summed E-state index contributed by atoms with van der Waals surface area (Å²) in [4.78, 5) is 35.8. The Kier molecular flexibility index (Phi) is 5.48. The third-order valence-corrected chi connectivity index (χ3v) is 3.42. The lowest BCUT2D eigenvalue weighted by Crippen LogP contribution is -2.38. The van der Waals surface area contributed by atoms with Crippen molar-refractivity contribution in [2.24, 2.45) is 0 Å². The molecule has 0 aliphatic carbocycles. The van der Waals surface area contributed by atoms with Crippen molar-refractivity contribution in [1.82, 2.24) is 10.1 Å². The first kappa shape index (κ1) is 17.4. The fourth-order valence-electron chi connectivity index (χ4n) is 1.92. The van der Waals surface area contributed by atoms with Crippen molar-refractivity contribution in [1.29, 1.82) is 0 Å². The lowest BCUT2D eigenvalue weighted by molar-refractivity contribution is -0.384. The first-order valence-corrected chi connectivity index (χ1v) is 7.23. The maximum absolute atomic E-state index is 12.5. The summed E-state index contributed by atoms with van der Waals surface area (Å²) >= 11 is 5.95. The van der Waals surface area contributed by atoms with E-state index in [1.54, 1.807) is 6.92 Å². The molecule has 0 aliphatic rings. The minimum atomic E-state index is -0.608. The second-order valence-electron chi connectivity index (χ2n) is 4.67. The van der Waals surface area contributed by atoms with Crippen LogP contribution in [0.15, 0.2) is 35.1 Å². The topological polar surface area (TPSA) is 119 Å². The molecule has 0 saturated carbocycles. The second kappa shape index (κ2) is 7.55. The van der Waals surface area contributed by atoms with Crippen molar-refractivity contribution in [3.8, 4) is 0 Å². The first-order chi connectivity index (χ1) is 11.4. The molecule has 2 rings (SSSR count). The Morgan fingerprint density at radius 2 is 2.17 bits per heavy atom. The molecule has 1 heterocycles. The number of nitrogens with zero attached hydrogens (tertiary/aromatic N) is 3. The lowest BCUT2D eigenvalue weighted by Gasteiger charge is -2.20. The number of carbonyl (C=O) groups is 2. The summed E-state index contributed by atoms with van der Waals surface area (Å²) < 4.78 is 4.59. The number of hydrogen-bond acceptors (Lipinski definition) is 6. The number of carbonyl (C=O) groups excluding carboxylic acids is 2. The predicted molar refractivity (Wildman–Crippen MR) is 84.8 cm³/mol. The Balaban J connectivity index is 2.10. The van der Waals surface area contributed by atoms with E-state index in [2.05, 4.69) is 15.0 Å². The van der Waals surface area contributed by atoms with E-state index in [4.69, 9.17) is 11.6 Å². The van der Waals surface area contributed by atoms with Crippen LogP contribution in [0.5, 0.6) is 0 Å². The molecule has 2 aromatic rings. The number of halogens is 1. The molecule has 0 spiro atoms. The molecule has 1 N–H and O–H groups in total. The maximum atomic E-state index is 12.5. The molecule has 0 saturated heterocycles. The number of nitro benzene ring substituents is 1. The monoisotopic (exact) mass is 352 g/mol. The minimum Gasteiger partial charge on any atom is -0.363 e. The first-order valence-electron chi connectivity index (χ1n) is 6.85. The summed E-state index contributed by atoms with van der Waals surface area (Å²) in [6.07, 6.45) is 1.30. The van der Waals surface area contributed by atoms with Gasteiger partial charge in [0.2, 0.25) is 5.91 Å². The van der Waals surface area contributed by atoms with Gasteiger partial charge in [0.05, 0.1) is 15.5 Å². The van der Waals surface area contributed by atoms with E-state index in [0.717, 1.165) is 6.07 Å². The Bertz CT molecular complexity index is 763. The number of hydrogen-bond donors (Lipinski definition) is 1. The number of benzene rings is 1. The van der Waals surface area contributed by atoms with Gasteiger partial charge in [-0.25, -0.2) is 0 Å². The molecule has 9 nitrogen and oxygen atoms in total. The van der Waals surface area contributed by atoms with Gasteiger partial charge in [-0.1, -0.05) is 16.8 Å². The van der Waals surface area contributed by atoms with Gasteiger partial charge in [0.1, 0.15) is 12.8 Å². The van der Waals surface area contributed by atoms with Gasteiger partial charge in [-0.2, -0.15) is 0 Å². The summed E-state index contributed by atoms with van der Waals surface area (Å²) in [6, 6.07) is 5.00. The van der Waals surface area contributed by atoms with Crippen molar-refractivity contribution in [3.05, 3.63) is 51.2 Å². The van der Waals surface area contributed by atoms with E-state index < -0.39 is 16.7 Å². The second-order valence-corrected chi connectivity index (χ2v) is 5.08. The SMILES string of the molecule is CCN(CC(=O)Nc1ccon1)C(=O)c1ccc([N+](=O)[O-])cc1Cl. The van der Waals surface area contributed by atoms with Crippen molar-refractivity contribution >= 4 is 34.9 Å². The van der Waals surface area contributed by atoms with Crippen molar-refractivity contribution in [3.63, 3.8) is 0 Å². The number of anilines is 1. The van der Waals surface area contributed by atoms with Crippen LogP contribution in [-0.4, -0.2) is 39.9 Å². The van der Waals surface area contributed by atoms with E-state index in [1.807, 2.05) is 0 Å². The largest absolute Gasteiger partial charge is 0.363 e. The third kappa shape index (κ3) is 4.07. The highest BCUT2D eigenvalue weighted by atomic mass is 35.5. The molecule has 0 unspecified atom stereocenters. The fourth-order valence-corrected chi connectivity index (χ4v) is 2.18. The summed E-state index contributed by atoms with van der Waals surface area (Å²) in [5.74, 6) is -0.735. The summed E-state index contributed by atoms with van der Waals surface area (Å²) in [6.45, 7) is 1.72. The summed E-state index contributed by atoms with van der Waals surface area (Å²) in [5, 5.41) is 16.7. The summed E-state index contributed by atoms with van der Waals surface area (Å²) in [5.41, 5.74) is -0.137. The minimum absolute atomic E-state index is 0.0513. The van der Waals surface area contributed by atoms with E-state index in [-0.39, 0.29) is 35.2 Å². The van der Waals surface area contributed by atoms with Crippen LogP contribution in [-0.2, 0) is 4.79 Å². The number of likely N-dealkylation sites (N-methyl/N-ethyl adjacent to an activating group) is 1. The van der Waals surface area contributed by atoms with Crippen LogP contribution >= 0.6 is 11.6 Å². The van der Waals surface area contributed by atoms with E-state index in [9.17, 15) is 19.7 Å². The zero-order chi connectivity index (χ0) is 17.7. The Labute approximate surface area is 141 Å². The molecule has 0 aliphatic heterocycles. The number of nitrogens with one attached hydrogen (secondary N) is 1. The Morgan fingerprint density at radius 1 is 1.42 bits per heavy atom. The Hall–Kier alpha value is -2.94. The molecule has 0 fully saturated rings. The number of amides is 2. The highest BCUT2D eigenvalue weighted by molar-refractivity contribution is 6.34. The fraction of sp³-hybridized carbons (Fsp3) is 0.214. The number of rotatable bonds is 6. The highest BCUT2D eigenvalue weighted by Gasteiger charge is 2.21. The molecule has 126 valence electrons. The van der Waals surface area contributed by atoms with E-state index in [0.29, 0.717) is 0 Å². The average Bonchev–Trinajstić information content (AvgIpc) is 3.04. The summed E-state index contributed by atoms with van der Waals surface area (Å²) in [7, 11) is 0. The van der Waals surface area contributed by atoms with Gasteiger partial charge >= 0.3 is 0 Å². The van der Waals surface area contributed by atoms with Gasteiger partial charge < -0.3 is 14.7 Å². The molecule has 1 aromatic heterocycles. The number of nitro groups is 1. The average molecular weight is 353 g/mol. The van der Waals surface area contributed by atoms with Crippen LogP contribution in [0.4, 0.5) is 11.5 Å². The van der Waals surface area contributed by atoms with Crippen LogP contribution in [0.1, 0.15) is 17.3 Å². The Morgan fingerprint density at radius 3 is 2.71 bits per heavy atom. The molecule has 2 amide bonds. The quantitative estimate of drug-likeness (QED) is 0.629. The molecule has 24 heavy (non-hydrogen) atoms. The molecule has 0 atom stereocenters. The third-order valence-electron chi connectivity index (χ3n) is 3.10. The highest BCUT2D eigenvalue weighted by Crippen LogP contribution is 2.23. The van der Waals surface area contributed by atoms with Crippen molar-refractivity contribution in [2.45, 2.75) is 6.92 Å². The number of aromatic nitrogens is 1. The van der Waals surface area contributed by atoms with Crippen LogP contribution in [0.3, 0.4) is 0 Å². The normalized spacial score (nSPS) is 10.2. The van der Waals surface area contributed by atoms with Crippen molar-refractivity contribution < 1.29 is 19.0 Å². The molecule has 0 radical (unpaired) electrons.